The van der Waals surface area contributed by atoms with Gasteiger partial charge in [0.15, 0.2) is 0 Å². The van der Waals surface area contributed by atoms with E-state index in [9.17, 15) is 8.78 Å². The van der Waals surface area contributed by atoms with E-state index in [1.54, 1.807) is 20.0 Å². The maximum absolute atomic E-state index is 11.9. The van der Waals surface area contributed by atoms with E-state index in [2.05, 4.69) is 4.74 Å². The summed E-state index contributed by atoms with van der Waals surface area (Å²) in [6.07, 6.45) is 0. The first-order chi connectivity index (χ1) is 6.13. The molecular formula is C8H9BF2O2. The Morgan fingerprint density at radius 1 is 1.38 bits per heavy atom. The van der Waals surface area contributed by atoms with Gasteiger partial charge in [-0.1, -0.05) is 6.07 Å². The zero-order valence-corrected chi connectivity index (χ0v) is 7.38. The smallest absolute Gasteiger partial charge is 0.387 e. The Morgan fingerprint density at radius 3 is 2.62 bits per heavy atom. The monoisotopic (exact) mass is 186 g/mol. The Kier molecular flexibility index (Phi) is 3.11. The fourth-order valence-electron chi connectivity index (χ4n) is 0.930. The lowest BCUT2D eigenvalue weighted by Crippen LogP contribution is -2.12. The number of halogens is 2. The maximum atomic E-state index is 11.9. The summed E-state index contributed by atoms with van der Waals surface area (Å²) in [6, 6.07) is 4.78. The quantitative estimate of drug-likeness (QED) is 0.642. The molecule has 13 heavy (non-hydrogen) atoms. The van der Waals surface area contributed by atoms with Crippen LogP contribution in [0.5, 0.6) is 11.5 Å². The summed E-state index contributed by atoms with van der Waals surface area (Å²) in [5, 5.41) is 0. The molecule has 0 aliphatic carbocycles. The molecule has 1 rings (SSSR count). The van der Waals surface area contributed by atoms with Gasteiger partial charge in [0.05, 0.1) is 7.11 Å². The van der Waals surface area contributed by atoms with Gasteiger partial charge in [-0.3, -0.25) is 0 Å². The lowest BCUT2D eigenvalue weighted by atomic mass is 9.95. The number of rotatable bonds is 3. The predicted molar refractivity (Wildman–Crippen MR) is 47.8 cm³/mol. The van der Waals surface area contributed by atoms with E-state index >= 15 is 0 Å². The summed E-state index contributed by atoms with van der Waals surface area (Å²) in [5.74, 6) is 0.649. The minimum absolute atomic E-state index is 0.148. The molecule has 0 aromatic heterocycles. The van der Waals surface area contributed by atoms with E-state index in [1.807, 2.05) is 0 Å². The first kappa shape index (κ1) is 9.83. The molecule has 0 aliphatic rings. The number of benzene rings is 1. The van der Waals surface area contributed by atoms with Crippen molar-refractivity contribution >= 4 is 13.3 Å². The lowest BCUT2D eigenvalue weighted by molar-refractivity contribution is -0.0492. The summed E-state index contributed by atoms with van der Waals surface area (Å²) >= 11 is 0. The van der Waals surface area contributed by atoms with Crippen molar-refractivity contribution in [1.29, 1.82) is 0 Å². The van der Waals surface area contributed by atoms with Gasteiger partial charge in [-0.2, -0.15) is 8.78 Å². The van der Waals surface area contributed by atoms with Gasteiger partial charge in [-0.05, 0) is 11.5 Å². The molecule has 5 heteroatoms. The summed E-state index contributed by atoms with van der Waals surface area (Å²) in [7, 11) is 3.16. The van der Waals surface area contributed by atoms with E-state index in [0.717, 1.165) is 0 Å². The van der Waals surface area contributed by atoms with E-state index < -0.39 is 6.61 Å². The van der Waals surface area contributed by atoms with Crippen LogP contribution < -0.4 is 14.9 Å². The van der Waals surface area contributed by atoms with E-state index in [-0.39, 0.29) is 5.75 Å². The van der Waals surface area contributed by atoms with Crippen molar-refractivity contribution in [1.82, 2.24) is 0 Å². The van der Waals surface area contributed by atoms with Gasteiger partial charge in [-0.15, -0.1) is 0 Å². The zero-order chi connectivity index (χ0) is 9.84. The lowest BCUT2D eigenvalue weighted by Gasteiger charge is -2.09. The molecule has 0 N–H and O–H groups in total. The van der Waals surface area contributed by atoms with Crippen LogP contribution in [0.2, 0.25) is 0 Å². The molecule has 0 unspecified atom stereocenters. The van der Waals surface area contributed by atoms with Crippen molar-refractivity contribution in [3.05, 3.63) is 18.2 Å². The Labute approximate surface area is 75.9 Å². The molecule has 0 bridgehead atoms. The van der Waals surface area contributed by atoms with Gasteiger partial charge in [0, 0.05) is 6.07 Å². The molecule has 0 saturated carbocycles. The minimum atomic E-state index is -2.80. The van der Waals surface area contributed by atoms with Gasteiger partial charge >= 0.3 is 6.61 Å². The molecule has 2 nitrogen and oxygen atoms in total. The van der Waals surface area contributed by atoms with Crippen LogP contribution in [-0.4, -0.2) is 21.6 Å². The third-order valence-electron chi connectivity index (χ3n) is 1.61. The fourth-order valence-corrected chi connectivity index (χ4v) is 0.930. The SMILES string of the molecule is Bc1ccc(OC)cc1OC(F)F. The standard InChI is InChI=1S/C8H9BF2O2/c1-12-5-2-3-6(9)7(4-5)13-8(10)11/h2-4,8H,9H2,1H3. The predicted octanol–water partition coefficient (Wildman–Crippen LogP) is 0.555. The zero-order valence-electron chi connectivity index (χ0n) is 7.38. The summed E-state index contributed by atoms with van der Waals surface area (Å²) in [5.41, 5.74) is 0.654. The summed E-state index contributed by atoms with van der Waals surface area (Å²) in [6.45, 7) is -2.80. The van der Waals surface area contributed by atoms with Crippen LogP contribution in [0, 0.1) is 0 Å². The highest BCUT2D eigenvalue weighted by Crippen LogP contribution is 2.17. The van der Waals surface area contributed by atoms with Gasteiger partial charge in [0.2, 0.25) is 0 Å². The van der Waals surface area contributed by atoms with Gasteiger partial charge in [-0.25, -0.2) is 0 Å². The van der Waals surface area contributed by atoms with Crippen LogP contribution in [0.15, 0.2) is 18.2 Å². The van der Waals surface area contributed by atoms with Crippen LogP contribution in [0.3, 0.4) is 0 Å². The highest BCUT2D eigenvalue weighted by atomic mass is 19.3. The summed E-state index contributed by atoms with van der Waals surface area (Å²) in [4.78, 5) is 0. The van der Waals surface area contributed by atoms with E-state index in [1.165, 1.54) is 13.2 Å². The second-order valence-corrected chi connectivity index (χ2v) is 2.51. The van der Waals surface area contributed by atoms with Gasteiger partial charge in [0.25, 0.3) is 0 Å². The third kappa shape index (κ3) is 2.61. The maximum Gasteiger partial charge on any atom is 0.387 e. The molecule has 0 spiro atoms. The van der Waals surface area contributed by atoms with Crippen molar-refractivity contribution in [2.75, 3.05) is 7.11 Å². The largest absolute Gasteiger partial charge is 0.497 e. The number of ether oxygens (including phenoxy) is 2. The van der Waals surface area contributed by atoms with Crippen molar-refractivity contribution in [3.63, 3.8) is 0 Å². The molecule has 0 atom stereocenters. The van der Waals surface area contributed by atoms with Crippen LogP contribution in [-0.2, 0) is 0 Å². The first-order valence-electron chi connectivity index (χ1n) is 3.73. The normalized spacial score (nSPS) is 10.2. The van der Waals surface area contributed by atoms with E-state index in [0.29, 0.717) is 11.2 Å². The molecular weight excluding hydrogens is 177 g/mol. The topological polar surface area (TPSA) is 18.5 Å². The number of hydrogen-bond donors (Lipinski definition) is 0. The second kappa shape index (κ2) is 4.12. The molecule has 0 fully saturated rings. The van der Waals surface area contributed by atoms with Gasteiger partial charge in [0.1, 0.15) is 19.3 Å². The van der Waals surface area contributed by atoms with Crippen LogP contribution in [0.1, 0.15) is 0 Å². The molecule has 1 aromatic rings. The second-order valence-electron chi connectivity index (χ2n) is 2.51. The number of methoxy groups -OCH3 is 1. The van der Waals surface area contributed by atoms with Crippen LogP contribution in [0.25, 0.3) is 0 Å². The Hall–Kier alpha value is -1.26. The first-order valence-corrected chi connectivity index (χ1v) is 3.73. The van der Waals surface area contributed by atoms with Crippen molar-refractivity contribution < 1.29 is 18.3 Å². The van der Waals surface area contributed by atoms with Crippen molar-refractivity contribution in [2.24, 2.45) is 0 Å². The Bertz CT molecular complexity index is 291. The van der Waals surface area contributed by atoms with Crippen molar-refractivity contribution in [3.8, 4) is 11.5 Å². The highest BCUT2D eigenvalue weighted by Gasteiger charge is 2.07. The Morgan fingerprint density at radius 2 is 2.08 bits per heavy atom. The van der Waals surface area contributed by atoms with E-state index in [4.69, 9.17) is 4.74 Å². The highest BCUT2D eigenvalue weighted by molar-refractivity contribution is 6.34. The van der Waals surface area contributed by atoms with Crippen LogP contribution >= 0.6 is 0 Å². The molecule has 0 radical (unpaired) electrons. The average Bonchev–Trinajstić information content (AvgIpc) is 2.08. The molecule has 0 aliphatic heterocycles. The summed E-state index contributed by atoms with van der Waals surface area (Å²) < 4.78 is 32.9. The molecule has 0 amide bonds. The Balaban J connectivity index is 2.90. The molecule has 70 valence electrons. The fraction of sp³-hybridized carbons (Fsp3) is 0.250. The third-order valence-corrected chi connectivity index (χ3v) is 1.61. The van der Waals surface area contributed by atoms with Crippen LogP contribution in [0.4, 0.5) is 8.78 Å². The molecule has 0 saturated heterocycles. The van der Waals surface area contributed by atoms with Gasteiger partial charge < -0.3 is 9.47 Å². The average molecular weight is 186 g/mol. The minimum Gasteiger partial charge on any atom is -0.497 e. The number of alkyl halides is 2. The number of hydrogen-bond acceptors (Lipinski definition) is 2. The van der Waals surface area contributed by atoms with Crippen molar-refractivity contribution in [2.45, 2.75) is 6.61 Å². The molecule has 1 aromatic carbocycles. The molecule has 0 heterocycles.